The molecular formula is C15H18N4. The number of aromatic nitrogens is 2. The Bertz CT molecular complexity index is 544. The van der Waals surface area contributed by atoms with Crippen molar-refractivity contribution in [2.45, 2.75) is 6.92 Å². The average molecular weight is 254 g/mol. The van der Waals surface area contributed by atoms with Crippen LogP contribution in [-0.4, -0.2) is 36.1 Å². The molecule has 0 bridgehead atoms. The number of nitrogens with zero attached hydrogens (tertiary/aromatic N) is 3. The number of aryl methyl sites for hydroxylation is 1. The number of nitrogens with one attached hydrogen (secondary N) is 1. The average Bonchev–Trinajstić information content (AvgIpc) is 2.49. The van der Waals surface area contributed by atoms with Crippen molar-refractivity contribution in [3.8, 4) is 11.3 Å². The minimum Gasteiger partial charge on any atom is -0.353 e. The summed E-state index contributed by atoms with van der Waals surface area (Å²) >= 11 is 0. The van der Waals surface area contributed by atoms with Gasteiger partial charge >= 0.3 is 0 Å². The smallest absolute Gasteiger partial charge is 0.147 e. The molecule has 4 nitrogen and oxygen atoms in total. The summed E-state index contributed by atoms with van der Waals surface area (Å²) in [5, 5.41) is 3.35. The molecule has 19 heavy (non-hydrogen) atoms. The minimum atomic E-state index is 0.941. The van der Waals surface area contributed by atoms with Gasteiger partial charge in [-0.25, -0.2) is 4.98 Å². The Morgan fingerprint density at radius 1 is 1.05 bits per heavy atom. The van der Waals surface area contributed by atoms with E-state index in [9.17, 15) is 0 Å². The number of piperazine rings is 1. The van der Waals surface area contributed by atoms with Crippen LogP contribution in [0.1, 0.15) is 5.56 Å². The summed E-state index contributed by atoms with van der Waals surface area (Å²) < 4.78 is 0. The summed E-state index contributed by atoms with van der Waals surface area (Å²) in [5.41, 5.74) is 3.32. The summed E-state index contributed by atoms with van der Waals surface area (Å²) in [6.07, 6.45) is 3.68. The molecule has 1 saturated heterocycles. The second-order valence-electron chi connectivity index (χ2n) is 4.87. The normalized spacial score (nSPS) is 15.5. The van der Waals surface area contributed by atoms with Crippen LogP contribution in [0.5, 0.6) is 0 Å². The molecule has 98 valence electrons. The van der Waals surface area contributed by atoms with Crippen LogP contribution in [0.25, 0.3) is 11.3 Å². The van der Waals surface area contributed by atoms with E-state index < -0.39 is 0 Å². The Balaban J connectivity index is 1.88. The fraction of sp³-hybridized carbons (Fsp3) is 0.333. The highest BCUT2D eigenvalue weighted by molar-refractivity contribution is 5.60. The highest BCUT2D eigenvalue weighted by Crippen LogP contribution is 2.20. The number of hydrogen-bond acceptors (Lipinski definition) is 4. The predicted octanol–water partition coefficient (Wildman–Crippen LogP) is 1.86. The molecule has 0 radical (unpaired) electrons. The number of benzene rings is 1. The lowest BCUT2D eigenvalue weighted by atomic mass is 10.1. The van der Waals surface area contributed by atoms with Gasteiger partial charge in [-0.1, -0.05) is 29.8 Å². The summed E-state index contributed by atoms with van der Waals surface area (Å²) in [4.78, 5) is 11.3. The molecule has 1 aliphatic rings. The zero-order valence-corrected chi connectivity index (χ0v) is 11.1. The molecule has 1 aromatic heterocycles. The first-order valence-electron chi connectivity index (χ1n) is 6.68. The van der Waals surface area contributed by atoms with Gasteiger partial charge in [-0.3, -0.25) is 4.98 Å². The molecule has 0 aliphatic carbocycles. The van der Waals surface area contributed by atoms with Gasteiger partial charge in [0.2, 0.25) is 0 Å². The number of anilines is 1. The van der Waals surface area contributed by atoms with Crippen LogP contribution in [0.4, 0.5) is 5.82 Å². The summed E-state index contributed by atoms with van der Waals surface area (Å²) in [5.74, 6) is 0.972. The van der Waals surface area contributed by atoms with Gasteiger partial charge in [-0.05, 0) is 6.92 Å². The van der Waals surface area contributed by atoms with E-state index in [4.69, 9.17) is 4.98 Å². The molecule has 0 unspecified atom stereocenters. The van der Waals surface area contributed by atoms with Crippen molar-refractivity contribution in [1.82, 2.24) is 15.3 Å². The lowest BCUT2D eigenvalue weighted by Gasteiger charge is -2.28. The SMILES string of the molecule is Cc1ccc(-c2cncc(N3CCNCC3)n2)cc1. The maximum Gasteiger partial charge on any atom is 0.147 e. The lowest BCUT2D eigenvalue weighted by molar-refractivity contribution is 0.584. The standard InChI is InChI=1S/C15H18N4/c1-12-2-4-13(5-3-12)14-10-17-11-15(18-14)19-8-6-16-7-9-19/h2-5,10-11,16H,6-9H2,1H3. The van der Waals surface area contributed by atoms with Crippen LogP contribution < -0.4 is 10.2 Å². The van der Waals surface area contributed by atoms with Gasteiger partial charge in [0.15, 0.2) is 0 Å². The first kappa shape index (κ1) is 12.1. The predicted molar refractivity (Wildman–Crippen MR) is 77.3 cm³/mol. The Hall–Kier alpha value is -1.94. The van der Waals surface area contributed by atoms with Crippen LogP contribution in [0.3, 0.4) is 0 Å². The molecule has 1 fully saturated rings. The zero-order valence-electron chi connectivity index (χ0n) is 11.1. The van der Waals surface area contributed by atoms with Gasteiger partial charge in [0, 0.05) is 31.7 Å². The van der Waals surface area contributed by atoms with E-state index in [0.717, 1.165) is 43.3 Å². The van der Waals surface area contributed by atoms with Gasteiger partial charge in [0.1, 0.15) is 5.82 Å². The first-order chi connectivity index (χ1) is 9.33. The molecule has 0 spiro atoms. The molecular weight excluding hydrogens is 236 g/mol. The van der Waals surface area contributed by atoms with Crippen molar-refractivity contribution < 1.29 is 0 Å². The van der Waals surface area contributed by atoms with Gasteiger partial charge in [0.25, 0.3) is 0 Å². The Labute approximate surface area is 113 Å². The van der Waals surface area contributed by atoms with E-state index in [-0.39, 0.29) is 0 Å². The van der Waals surface area contributed by atoms with Crippen LogP contribution in [0, 0.1) is 6.92 Å². The van der Waals surface area contributed by atoms with Crippen LogP contribution in [0.2, 0.25) is 0 Å². The molecule has 1 N–H and O–H groups in total. The Morgan fingerprint density at radius 3 is 2.53 bits per heavy atom. The third-order valence-corrected chi connectivity index (χ3v) is 3.41. The highest BCUT2D eigenvalue weighted by Gasteiger charge is 2.12. The van der Waals surface area contributed by atoms with Gasteiger partial charge < -0.3 is 10.2 Å². The summed E-state index contributed by atoms with van der Waals surface area (Å²) in [7, 11) is 0. The maximum absolute atomic E-state index is 4.73. The van der Waals surface area contributed by atoms with Crippen LogP contribution in [-0.2, 0) is 0 Å². The van der Waals surface area contributed by atoms with E-state index >= 15 is 0 Å². The molecule has 4 heteroatoms. The zero-order chi connectivity index (χ0) is 13.1. The van der Waals surface area contributed by atoms with Crippen LogP contribution >= 0.6 is 0 Å². The van der Waals surface area contributed by atoms with Gasteiger partial charge in [0.05, 0.1) is 18.1 Å². The van der Waals surface area contributed by atoms with Gasteiger partial charge in [-0.2, -0.15) is 0 Å². The van der Waals surface area contributed by atoms with E-state index in [2.05, 4.69) is 46.4 Å². The molecule has 0 amide bonds. The van der Waals surface area contributed by atoms with Crippen molar-refractivity contribution in [3.05, 3.63) is 42.2 Å². The molecule has 3 rings (SSSR count). The minimum absolute atomic E-state index is 0.941. The largest absolute Gasteiger partial charge is 0.353 e. The maximum atomic E-state index is 4.73. The fourth-order valence-corrected chi connectivity index (χ4v) is 2.27. The lowest BCUT2D eigenvalue weighted by Crippen LogP contribution is -2.43. The second kappa shape index (κ2) is 5.36. The van der Waals surface area contributed by atoms with E-state index in [1.54, 1.807) is 0 Å². The summed E-state index contributed by atoms with van der Waals surface area (Å²) in [6, 6.07) is 8.41. The second-order valence-corrected chi connectivity index (χ2v) is 4.87. The van der Waals surface area contributed by atoms with Gasteiger partial charge in [-0.15, -0.1) is 0 Å². The van der Waals surface area contributed by atoms with Crippen molar-refractivity contribution in [1.29, 1.82) is 0 Å². The fourth-order valence-electron chi connectivity index (χ4n) is 2.27. The van der Waals surface area contributed by atoms with Crippen molar-refractivity contribution >= 4 is 5.82 Å². The monoisotopic (exact) mass is 254 g/mol. The Morgan fingerprint density at radius 2 is 1.79 bits per heavy atom. The number of hydrogen-bond donors (Lipinski definition) is 1. The van der Waals surface area contributed by atoms with Crippen LogP contribution in [0.15, 0.2) is 36.7 Å². The third kappa shape index (κ3) is 2.74. The van der Waals surface area contributed by atoms with E-state index in [1.807, 2.05) is 12.4 Å². The molecule has 1 aliphatic heterocycles. The van der Waals surface area contributed by atoms with E-state index in [0.29, 0.717) is 0 Å². The summed E-state index contributed by atoms with van der Waals surface area (Å²) in [6.45, 7) is 6.09. The molecule has 1 aromatic carbocycles. The van der Waals surface area contributed by atoms with Crippen molar-refractivity contribution in [2.24, 2.45) is 0 Å². The Kier molecular flexibility index (Phi) is 3.42. The quantitative estimate of drug-likeness (QED) is 0.888. The highest BCUT2D eigenvalue weighted by atomic mass is 15.2. The topological polar surface area (TPSA) is 41.1 Å². The molecule has 2 aromatic rings. The molecule has 0 saturated carbocycles. The first-order valence-corrected chi connectivity index (χ1v) is 6.68. The molecule has 2 heterocycles. The number of rotatable bonds is 2. The third-order valence-electron chi connectivity index (χ3n) is 3.41. The van der Waals surface area contributed by atoms with Crippen molar-refractivity contribution in [3.63, 3.8) is 0 Å². The van der Waals surface area contributed by atoms with Crippen molar-refractivity contribution in [2.75, 3.05) is 31.1 Å². The van der Waals surface area contributed by atoms with E-state index in [1.165, 1.54) is 5.56 Å². The molecule has 0 atom stereocenters.